The number of hydrogen-bond acceptors (Lipinski definition) is 1. The van der Waals surface area contributed by atoms with E-state index in [0.717, 1.165) is 6.54 Å². The van der Waals surface area contributed by atoms with Gasteiger partial charge in [-0.2, -0.15) is 0 Å². The Morgan fingerprint density at radius 1 is 1.75 bits per heavy atom. The summed E-state index contributed by atoms with van der Waals surface area (Å²) in [5, 5.41) is 0. The Morgan fingerprint density at radius 3 is 2.75 bits per heavy atom. The summed E-state index contributed by atoms with van der Waals surface area (Å²) in [7, 11) is 0. The van der Waals surface area contributed by atoms with Gasteiger partial charge < -0.3 is 5.73 Å². The zero-order chi connectivity index (χ0) is 6.41. The third-order valence-corrected chi connectivity index (χ3v) is 1.22. The van der Waals surface area contributed by atoms with Gasteiger partial charge in [0.15, 0.2) is 0 Å². The molecule has 0 aromatic heterocycles. The van der Waals surface area contributed by atoms with Crippen molar-refractivity contribution in [1.82, 2.24) is 0 Å². The number of nitrogens with two attached hydrogens (primary N) is 1. The molecule has 1 unspecified atom stereocenters. The monoisotopic (exact) mass is 114 g/mol. The minimum Gasteiger partial charge on any atom is -0.390 e. The van der Waals surface area contributed by atoms with E-state index in [1.54, 1.807) is 0 Å². The van der Waals surface area contributed by atoms with Crippen molar-refractivity contribution in [3.05, 3.63) is 0 Å². The largest absolute Gasteiger partial charge is 0.390 e. The van der Waals surface area contributed by atoms with Gasteiger partial charge >= 0.3 is 0 Å². The maximum Gasteiger partial charge on any atom is 0.0797 e. The molecule has 48 valence electrons. The molecule has 0 spiro atoms. The van der Waals surface area contributed by atoms with E-state index in [1.165, 1.54) is 12.8 Å². The summed E-state index contributed by atoms with van der Waals surface area (Å²) in [5.74, 6) is 0.676. The van der Waals surface area contributed by atoms with E-state index in [-0.39, 0.29) is 0 Å². The first-order valence-corrected chi connectivity index (χ1v) is 3.01. The van der Waals surface area contributed by atoms with Crippen molar-refractivity contribution in [2.75, 3.05) is 6.54 Å². The van der Waals surface area contributed by atoms with Crippen LogP contribution in [0.25, 0.3) is 0 Å². The Labute approximate surface area is 50.8 Å². The second-order valence-electron chi connectivity index (χ2n) is 2.03. The molecular formula is C6H14N2. The van der Waals surface area contributed by atoms with Crippen molar-refractivity contribution >= 4 is 6.34 Å². The maximum absolute atomic E-state index is 5.04. The van der Waals surface area contributed by atoms with E-state index in [0.29, 0.717) is 5.92 Å². The van der Waals surface area contributed by atoms with Gasteiger partial charge in [-0.3, -0.25) is 4.99 Å². The zero-order valence-electron chi connectivity index (χ0n) is 5.59. The van der Waals surface area contributed by atoms with Gasteiger partial charge in [0.1, 0.15) is 0 Å². The van der Waals surface area contributed by atoms with Crippen molar-refractivity contribution in [3.8, 4) is 0 Å². The molecule has 0 bridgehead atoms. The Morgan fingerprint density at radius 2 is 2.38 bits per heavy atom. The van der Waals surface area contributed by atoms with E-state index >= 15 is 0 Å². The molecule has 2 N–H and O–H groups in total. The van der Waals surface area contributed by atoms with Gasteiger partial charge in [0.25, 0.3) is 0 Å². The van der Waals surface area contributed by atoms with Crippen molar-refractivity contribution in [1.29, 1.82) is 0 Å². The first-order valence-electron chi connectivity index (χ1n) is 3.01. The highest BCUT2D eigenvalue weighted by molar-refractivity contribution is 5.50. The zero-order valence-corrected chi connectivity index (χ0v) is 5.59. The van der Waals surface area contributed by atoms with Gasteiger partial charge in [-0.15, -0.1) is 0 Å². The number of nitrogens with zero attached hydrogens (tertiary/aromatic N) is 1. The summed E-state index contributed by atoms with van der Waals surface area (Å²) < 4.78 is 0. The molecule has 0 aliphatic rings. The van der Waals surface area contributed by atoms with Gasteiger partial charge in [-0.05, 0) is 5.92 Å². The summed E-state index contributed by atoms with van der Waals surface area (Å²) in [6, 6.07) is 0. The summed E-state index contributed by atoms with van der Waals surface area (Å²) in [5.41, 5.74) is 5.04. The molecule has 2 nitrogen and oxygen atoms in total. The van der Waals surface area contributed by atoms with Crippen LogP contribution in [-0.2, 0) is 0 Å². The second kappa shape index (κ2) is 4.62. The van der Waals surface area contributed by atoms with Crippen LogP contribution in [0.15, 0.2) is 4.99 Å². The lowest BCUT2D eigenvalue weighted by Crippen LogP contribution is -1.99. The van der Waals surface area contributed by atoms with Gasteiger partial charge in [-0.25, -0.2) is 0 Å². The summed E-state index contributed by atoms with van der Waals surface area (Å²) >= 11 is 0. The number of aliphatic imine (C=N–C) groups is 1. The van der Waals surface area contributed by atoms with Crippen LogP contribution in [0.3, 0.4) is 0 Å². The van der Waals surface area contributed by atoms with Gasteiger partial charge in [-0.1, -0.05) is 20.3 Å². The van der Waals surface area contributed by atoms with E-state index in [1.807, 2.05) is 0 Å². The van der Waals surface area contributed by atoms with Crippen molar-refractivity contribution in [3.63, 3.8) is 0 Å². The maximum atomic E-state index is 5.04. The van der Waals surface area contributed by atoms with Crippen LogP contribution in [0.2, 0.25) is 0 Å². The van der Waals surface area contributed by atoms with Crippen molar-refractivity contribution < 1.29 is 0 Å². The molecule has 0 fully saturated rings. The third kappa shape index (κ3) is 3.65. The molecule has 0 radical (unpaired) electrons. The third-order valence-electron chi connectivity index (χ3n) is 1.22. The predicted molar refractivity (Wildman–Crippen MR) is 37.0 cm³/mol. The van der Waals surface area contributed by atoms with Crippen LogP contribution in [0.5, 0.6) is 0 Å². The Balaban J connectivity index is 3.10. The normalized spacial score (nSPS) is 14.8. The molecule has 2 heteroatoms. The molecule has 0 aromatic carbocycles. The lowest BCUT2D eigenvalue weighted by molar-refractivity contribution is 0.578. The fourth-order valence-electron chi connectivity index (χ4n) is 0.370. The number of rotatable bonds is 3. The number of hydrogen-bond donors (Lipinski definition) is 1. The molecule has 0 aromatic rings. The molecule has 0 aliphatic carbocycles. The Hall–Kier alpha value is -0.530. The summed E-state index contributed by atoms with van der Waals surface area (Å²) in [6.07, 6.45) is 2.55. The minimum atomic E-state index is 0.676. The first-order chi connectivity index (χ1) is 3.81. The highest BCUT2D eigenvalue weighted by atomic mass is 14.8. The molecule has 0 saturated heterocycles. The quantitative estimate of drug-likeness (QED) is 0.431. The highest BCUT2D eigenvalue weighted by Crippen LogP contribution is 1.98. The highest BCUT2D eigenvalue weighted by Gasteiger charge is 1.92. The molecule has 0 rings (SSSR count). The molecular weight excluding hydrogens is 100 g/mol. The smallest absolute Gasteiger partial charge is 0.0797 e. The Bertz CT molecular complexity index is 68.9. The van der Waals surface area contributed by atoms with E-state index in [4.69, 9.17) is 5.73 Å². The molecule has 0 aliphatic heterocycles. The summed E-state index contributed by atoms with van der Waals surface area (Å²) in [4.78, 5) is 3.90. The molecule has 8 heavy (non-hydrogen) atoms. The average Bonchev–Trinajstić information content (AvgIpc) is 1.83. The van der Waals surface area contributed by atoms with Gasteiger partial charge in [0.05, 0.1) is 6.34 Å². The standard InChI is InChI=1S/C6H14N2/c1-3-6(2)4-8-5-7/h5-6H,3-4H2,1-2H3,(H2,7,8). The fraction of sp³-hybridized carbons (Fsp3) is 0.833. The van der Waals surface area contributed by atoms with Gasteiger partial charge in [0.2, 0.25) is 0 Å². The summed E-state index contributed by atoms with van der Waals surface area (Å²) in [6.45, 7) is 5.18. The lowest BCUT2D eigenvalue weighted by atomic mass is 10.1. The Kier molecular flexibility index (Phi) is 4.32. The SMILES string of the molecule is CCC(C)CN=CN. The van der Waals surface area contributed by atoms with Crippen LogP contribution in [0, 0.1) is 5.92 Å². The predicted octanol–water partition coefficient (Wildman–Crippen LogP) is 1.02. The average molecular weight is 114 g/mol. The van der Waals surface area contributed by atoms with Crippen LogP contribution < -0.4 is 5.73 Å². The van der Waals surface area contributed by atoms with Crippen LogP contribution >= 0.6 is 0 Å². The first kappa shape index (κ1) is 7.47. The fourth-order valence-corrected chi connectivity index (χ4v) is 0.370. The topological polar surface area (TPSA) is 38.4 Å². The van der Waals surface area contributed by atoms with Gasteiger partial charge in [0, 0.05) is 6.54 Å². The van der Waals surface area contributed by atoms with Crippen molar-refractivity contribution in [2.45, 2.75) is 20.3 Å². The minimum absolute atomic E-state index is 0.676. The van der Waals surface area contributed by atoms with Crippen molar-refractivity contribution in [2.24, 2.45) is 16.6 Å². The van der Waals surface area contributed by atoms with Crippen LogP contribution in [0.1, 0.15) is 20.3 Å². The van der Waals surface area contributed by atoms with Crippen LogP contribution in [0.4, 0.5) is 0 Å². The molecule has 0 heterocycles. The van der Waals surface area contributed by atoms with Crippen LogP contribution in [-0.4, -0.2) is 12.9 Å². The molecule has 1 atom stereocenters. The van der Waals surface area contributed by atoms with E-state index in [2.05, 4.69) is 18.8 Å². The molecule has 0 amide bonds. The van der Waals surface area contributed by atoms with E-state index < -0.39 is 0 Å². The molecule has 0 saturated carbocycles. The second-order valence-corrected chi connectivity index (χ2v) is 2.03. The lowest BCUT2D eigenvalue weighted by Gasteiger charge is -2.00. The van der Waals surface area contributed by atoms with E-state index in [9.17, 15) is 0 Å².